The van der Waals surface area contributed by atoms with E-state index in [1.807, 2.05) is 6.07 Å². The average Bonchev–Trinajstić information content (AvgIpc) is 2.38. The van der Waals surface area contributed by atoms with E-state index >= 15 is 0 Å². The van der Waals surface area contributed by atoms with Crippen molar-refractivity contribution in [2.75, 3.05) is 0 Å². The summed E-state index contributed by atoms with van der Waals surface area (Å²) in [5, 5.41) is 17.8. The fraction of sp³-hybridized carbons (Fsp3) is 0.0769. The molecule has 0 saturated carbocycles. The third-order valence-electron chi connectivity index (χ3n) is 2.18. The van der Waals surface area contributed by atoms with Gasteiger partial charge in [-0.2, -0.15) is 5.26 Å². The van der Waals surface area contributed by atoms with E-state index in [0.717, 1.165) is 5.56 Å². The molecule has 0 aliphatic heterocycles. The molecule has 0 saturated heterocycles. The van der Waals surface area contributed by atoms with Crippen LogP contribution in [-0.2, 0) is 6.61 Å². The molecule has 84 valence electrons. The lowest BCUT2D eigenvalue weighted by Gasteiger charge is -2.06. The quantitative estimate of drug-likeness (QED) is 0.871. The van der Waals surface area contributed by atoms with Crippen LogP contribution in [0.4, 0.5) is 0 Å². The Morgan fingerprint density at radius 1 is 1.24 bits per heavy atom. The first-order valence-electron chi connectivity index (χ1n) is 5.05. The van der Waals surface area contributed by atoms with Gasteiger partial charge in [0.25, 0.3) is 0 Å². The Kier molecular flexibility index (Phi) is 3.22. The van der Waals surface area contributed by atoms with Gasteiger partial charge in [-0.1, -0.05) is 0 Å². The van der Waals surface area contributed by atoms with Gasteiger partial charge in [0.1, 0.15) is 29.9 Å². The van der Waals surface area contributed by atoms with Crippen molar-refractivity contribution in [1.29, 1.82) is 5.26 Å². The van der Waals surface area contributed by atoms with E-state index in [0.29, 0.717) is 18.1 Å². The molecule has 0 aliphatic carbocycles. The van der Waals surface area contributed by atoms with Crippen LogP contribution in [0.25, 0.3) is 0 Å². The van der Waals surface area contributed by atoms with Gasteiger partial charge in [-0.25, -0.2) is 4.98 Å². The second kappa shape index (κ2) is 4.99. The largest absolute Gasteiger partial charge is 0.508 e. The maximum absolute atomic E-state index is 9.11. The molecule has 0 spiro atoms. The molecule has 2 aromatic rings. The molecule has 1 aromatic heterocycles. The molecule has 2 rings (SSSR count). The lowest BCUT2D eigenvalue weighted by Crippen LogP contribution is -1.96. The van der Waals surface area contributed by atoms with Gasteiger partial charge in [-0.3, -0.25) is 0 Å². The van der Waals surface area contributed by atoms with Crippen molar-refractivity contribution in [2.24, 2.45) is 0 Å². The molecular formula is C13H10N2O2. The fourth-order valence-corrected chi connectivity index (χ4v) is 1.33. The van der Waals surface area contributed by atoms with Crippen LogP contribution in [0, 0.1) is 11.3 Å². The Morgan fingerprint density at radius 2 is 2.00 bits per heavy atom. The highest BCUT2D eigenvalue weighted by molar-refractivity contribution is 5.31. The number of pyridine rings is 1. The van der Waals surface area contributed by atoms with Crippen LogP contribution in [0.3, 0.4) is 0 Å². The average molecular weight is 226 g/mol. The first-order chi connectivity index (χ1) is 8.28. The number of aromatic hydroxyl groups is 1. The number of phenolic OH excluding ortho intramolecular Hbond substituents is 1. The van der Waals surface area contributed by atoms with Crippen LogP contribution in [-0.4, -0.2) is 10.1 Å². The third kappa shape index (κ3) is 2.95. The van der Waals surface area contributed by atoms with E-state index < -0.39 is 0 Å². The molecule has 4 heteroatoms. The molecule has 0 aliphatic rings. The zero-order valence-electron chi connectivity index (χ0n) is 9.00. The number of aromatic nitrogens is 1. The van der Waals surface area contributed by atoms with Crippen molar-refractivity contribution in [1.82, 2.24) is 4.98 Å². The molecule has 17 heavy (non-hydrogen) atoms. The van der Waals surface area contributed by atoms with Crippen LogP contribution < -0.4 is 4.74 Å². The Morgan fingerprint density at radius 3 is 2.71 bits per heavy atom. The monoisotopic (exact) mass is 226 g/mol. The minimum atomic E-state index is 0.202. The van der Waals surface area contributed by atoms with Crippen molar-refractivity contribution in [3.63, 3.8) is 0 Å². The normalized spacial score (nSPS) is 9.59. The number of hydrogen-bond acceptors (Lipinski definition) is 4. The SMILES string of the molecule is N#Cc1cc(COc2ccc(O)cc2)ccn1. The van der Waals surface area contributed by atoms with E-state index in [1.54, 1.807) is 42.6 Å². The first kappa shape index (κ1) is 11.0. The van der Waals surface area contributed by atoms with Crippen molar-refractivity contribution >= 4 is 0 Å². The first-order valence-corrected chi connectivity index (χ1v) is 5.05. The maximum atomic E-state index is 9.11. The van der Waals surface area contributed by atoms with Crippen molar-refractivity contribution in [3.05, 3.63) is 53.9 Å². The highest BCUT2D eigenvalue weighted by Gasteiger charge is 1.98. The second-order valence-corrected chi connectivity index (χ2v) is 3.44. The molecule has 4 nitrogen and oxygen atoms in total. The Balaban J connectivity index is 2.02. The standard InChI is InChI=1S/C13H10N2O2/c14-8-11-7-10(5-6-15-11)9-17-13-3-1-12(16)2-4-13/h1-7,16H,9H2. The van der Waals surface area contributed by atoms with Gasteiger partial charge in [0.15, 0.2) is 0 Å². The zero-order chi connectivity index (χ0) is 12.1. The van der Waals surface area contributed by atoms with Crippen LogP contribution in [0.1, 0.15) is 11.3 Å². The van der Waals surface area contributed by atoms with Gasteiger partial charge in [-0.15, -0.1) is 0 Å². The zero-order valence-corrected chi connectivity index (χ0v) is 9.00. The minimum absolute atomic E-state index is 0.202. The molecule has 0 unspecified atom stereocenters. The minimum Gasteiger partial charge on any atom is -0.508 e. The Labute approximate surface area is 98.7 Å². The summed E-state index contributed by atoms with van der Waals surface area (Å²) in [4.78, 5) is 3.87. The summed E-state index contributed by atoms with van der Waals surface area (Å²) in [6.07, 6.45) is 1.58. The van der Waals surface area contributed by atoms with E-state index in [1.165, 1.54) is 0 Å². The topological polar surface area (TPSA) is 66.1 Å². The van der Waals surface area contributed by atoms with Gasteiger partial charge >= 0.3 is 0 Å². The molecule has 0 fully saturated rings. The Hall–Kier alpha value is -2.54. The van der Waals surface area contributed by atoms with Crippen LogP contribution in [0.5, 0.6) is 11.5 Å². The van der Waals surface area contributed by atoms with E-state index in [-0.39, 0.29) is 5.75 Å². The smallest absolute Gasteiger partial charge is 0.140 e. The number of rotatable bonds is 3. The van der Waals surface area contributed by atoms with Crippen molar-refractivity contribution in [2.45, 2.75) is 6.61 Å². The summed E-state index contributed by atoms with van der Waals surface area (Å²) >= 11 is 0. The molecule has 1 heterocycles. The van der Waals surface area contributed by atoms with Crippen molar-refractivity contribution < 1.29 is 9.84 Å². The third-order valence-corrected chi connectivity index (χ3v) is 2.18. The molecule has 1 aromatic carbocycles. The van der Waals surface area contributed by atoms with Crippen LogP contribution in [0.15, 0.2) is 42.6 Å². The van der Waals surface area contributed by atoms with Gasteiger partial charge in [-0.05, 0) is 42.0 Å². The summed E-state index contributed by atoms with van der Waals surface area (Å²) < 4.78 is 5.50. The summed E-state index contributed by atoms with van der Waals surface area (Å²) in [6.45, 7) is 0.363. The highest BCUT2D eigenvalue weighted by Crippen LogP contribution is 2.17. The number of benzene rings is 1. The van der Waals surface area contributed by atoms with Crippen LogP contribution in [0.2, 0.25) is 0 Å². The van der Waals surface area contributed by atoms with E-state index in [9.17, 15) is 0 Å². The molecule has 1 N–H and O–H groups in total. The maximum Gasteiger partial charge on any atom is 0.140 e. The molecule has 0 atom stereocenters. The summed E-state index contributed by atoms with van der Waals surface area (Å²) in [5.74, 6) is 0.867. The lowest BCUT2D eigenvalue weighted by molar-refractivity contribution is 0.305. The molecule has 0 radical (unpaired) electrons. The summed E-state index contributed by atoms with van der Waals surface area (Å²) in [7, 11) is 0. The number of nitrogens with zero attached hydrogens (tertiary/aromatic N) is 2. The number of nitriles is 1. The second-order valence-electron chi connectivity index (χ2n) is 3.44. The van der Waals surface area contributed by atoms with Gasteiger partial charge in [0.05, 0.1) is 0 Å². The van der Waals surface area contributed by atoms with E-state index in [4.69, 9.17) is 15.1 Å². The number of phenols is 1. The van der Waals surface area contributed by atoms with Crippen LogP contribution >= 0.6 is 0 Å². The summed E-state index contributed by atoms with van der Waals surface area (Å²) in [5.41, 5.74) is 1.25. The van der Waals surface area contributed by atoms with Crippen molar-refractivity contribution in [3.8, 4) is 17.6 Å². The fourth-order valence-electron chi connectivity index (χ4n) is 1.33. The number of hydrogen-bond donors (Lipinski definition) is 1. The Bertz CT molecular complexity index is 544. The number of ether oxygens (including phenoxy) is 1. The summed E-state index contributed by atoms with van der Waals surface area (Å²) in [6, 6.07) is 11.9. The molecular weight excluding hydrogens is 216 g/mol. The lowest BCUT2D eigenvalue weighted by atomic mass is 10.2. The molecule has 0 amide bonds. The molecule has 0 bridgehead atoms. The predicted octanol–water partition coefficient (Wildman–Crippen LogP) is 2.24. The van der Waals surface area contributed by atoms with Gasteiger partial charge < -0.3 is 9.84 Å². The predicted molar refractivity (Wildman–Crippen MR) is 61.4 cm³/mol. The van der Waals surface area contributed by atoms with Gasteiger partial charge in [0.2, 0.25) is 0 Å². The highest BCUT2D eigenvalue weighted by atomic mass is 16.5. The van der Waals surface area contributed by atoms with Gasteiger partial charge in [0, 0.05) is 6.20 Å². The van der Waals surface area contributed by atoms with E-state index in [2.05, 4.69) is 4.98 Å².